The molecule has 2 atom stereocenters. The van der Waals surface area contributed by atoms with Crippen LogP contribution in [0.2, 0.25) is 0 Å². The molecular formula is C20H16Br2F2O4. The van der Waals surface area contributed by atoms with E-state index in [-0.39, 0.29) is 41.1 Å². The minimum Gasteiger partial charge on any atom is -0.388 e. The molecule has 8 heteroatoms. The Balaban J connectivity index is 0.000000161. The Hall–Kier alpha value is -1.48. The second-order valence-electron chi connectivity index (χ2n) is 6.66. The molecule has 0 aromatic heterocycles. The number of Topliss-reactive ketones (excluding diaryl/α,β-unsaturated/α-hetero) is 2. The normalized spacial score (nSPS) is 20.8. The fourth-order valence-corrected chi connectivity index (χ4v) is 4.29. The van der Waals surface area contributed by atoms with Gasteiger partial charge in [-0.1, -0.05) is 31.9 Å². The maximum atomic E-state index is 13.5. The number of hydrogen-bond donors (Lipinski definition) is 2. The predicted molar refractivity (Wildman–Crippen MR) is 105 cm³/mol. The summed E-state index contributed by atoms with van der Waals surface area (Å²) in [5.41, 5.74) is 0.889. The zero-order valence-corrected chi connectivity index (χ0v) is 17.7. The molecule has 0 heterocycles. The molecule has 148 valence electrons. The highest BCUT2D eigenvalue weighted by atomic mass is 79.9. The molecule has 4 nitrogen and oxygen atoms in total. The molecule has 0 amide bonds. The van der Waals surface area contributed by atoms with E-state index in [0.29, 0.717) is 27.4 Å². The summed E-state index contributed by atoms with van der Waals surface area (Å²) in [7, 11) is 0. The van der Waals surface area contributed by atoms with Crippen molar-refractivity contribution in [3.05, 3.63) is 67.1 Å². The van der Waals surface area contributed by atoms with E-state index in [1.54, 1.807) is 6.07 Å². The molecule has 0 saturated heterocycles. The Morgan fingerprint density at radius 2 is 1.39 bits per heavy atom. The van der Waals surface area contributed by atoms with Gasteiger partial charge >= 0.3 is 0 Å². The van der Waals surface area contributed by atoms with Gasteiger partial charge in [-0.2, -0.15) is 0 Å². The number of rotatable bonds is 0. The molecule has 0 aliphatic heterocycles. The molecule has 28 heavy (non-hydrogen) atoms. The van der Waals surface area contributed by atoms with E-state index < -0.39 is 23.8 Å². The fraction of sp³-hybridized carbons (Fsp3) is 0.300. The van der Waals surface area contributed by atoms with Crippen LogP contribution < -0.4 is 0 Å². The highest BCUT2D eigenvalue weighted by Gasteiger charge is 2.28. The molecule has 2 unspecified atom stereocenters. The summed E-state index contributed by atoms with van der Waals surface area (Å²) in [4.78, 5) is 22.8. The number of carbonyl (C=O) groups is 2. The minimum absolute atomic E-state index is 0.0514. The first-order chi connectivity index (χ1) is 13.2. The van der Waals surface area contributed by atoms with E-state index in [1.807, 2.05) is 0 Å². The number of fused-ring (bicyclic) bond motifs is 2. The van der Waals surface area contributed by atoms with Gasteiger partial charge in [-0.3, -0.25) is 9.59 Å². The summed E-state index contributed by atoms with van der Waals surface area (Å²) in [5, 5.41) is 19.2. The Morgan fingerprint density at radius 3 is 2.11 bits per heavy atom. The van der Waals surface area contributed by atoms with Crippen molar-refractivity contribution in [2.75, 3.05) is 0 Å². The lowest BCUT2D eigenvalue weighted by Gasteiger charge is -2.26. The monoisotopic (exact) mass is 516 g/mol. The molecule has 0 saturated carbocycles. The third kappa shape index (κ3) is 4.25. The highest BCUT2D eigenvalue weighted by Crippen LogP contribution is 2.38. The third-order valence-corrected chi connectivity index (χ3v) is 5.66. The number of ketones is 2. The van der Waals surface area contributed by atoms with Gasteiger partial charge in [-0.15, -0.1) is 0 Å². The van der Waals surface area contributed by atoms with Crippen molar-refractivity contribution in [1.82, 2.24) is 0 Å². The van der Waals surface area contributed by atoms with Crippen LogP contribution in [-0.4, -0.2) is 21.8 Å². The zero-order valence-electron chi connectivity index (χ0n) is 14.5. The lowest BCUT2D eigenvalue weighted by Crippen LogP contribution is -2.18. The average molecular weight is 518 g/mol. The lowest BCUT2D eigenvalue weighted by molar-refractivity contribution is 0.0877. The molecule has 2 aliphatic carbocycles. The number of aliphatic hydroxyl groups is 2. The average Bonchev–Trinajstić information content (AvgIpc) is 2.61. The first-order valence-corrected chi connectivity index (χ1v) is 10.2. The SMILES string of the molecule is O=C1CCC(=O)c2c(F)cc(Br)cc21.OC1CCC(O)c2c(F)cc(Br)cc21. The number of halogens is 4. The van der Waals surface area contributed by atoms with Crippen LogP contribution in [0.3, 0.4) is 0 Å². The lowest BCUT2D eigenvalue weighted by atomic mass is 9.87. The third-order valence-electron chi connectivity index (χ3n) is 4.75. The van der Waals surface area contributed by atoms with E-state index in [4.69, 9.17) is 0 Å². The van der Waals surface area contributed by atoms with Gasteiger partial charge in [0.25, 0.3) is 0 Å². The van der Waals surface area contributed by atoms with E-state index in [0.717, 1.165) is 0 Å². The van der Waals surface area contributed by atoms with E-state index in [2.05, 4.69) is 31.9 Å². The number of hydrogen-bond acceptors (Lipinski definition) is 4. The van der Waals surface area contributed by atoms with Crippen LogP contribution in [0, 0.1) is 11.6 Å². The molecule has 2 aliphatic rings. The summed E-state index contributed by atoms with van der Waals surface area (Å²) < 4.78 is 27.9. The molecule has 0 spiro atoms. The van der Waals surface area contributed by atoms with Crippen molar-refractivity contribution in [2.24, 2.45) is 0 Å². The summed E-state index contributed by atoms with van der Waals surface area (Å²) in [5.74, 6) is -1.53. The van der Waals surface area contributed by atoms with Crippen LogP contribution in [0.4, 0.5) is 8.78 Å². The van der Waals surface area contributed by atoms with Crippen LogP contribution in [-0.2, 0) is 0 Å². The second kappa shape index (κ2) is 8.49. The van der Waals surface area contributed by atoms with Crippen LogP contribution in [0.25, 0.3) is 0 Å². The van der Waals surface area contributed by atoms with Crippen molar-refractivity contribution in [3.8, 4) is 0 Å². The zero-order chi connectivity index (χ0) is 20.6. The van der Waals surface area contributed by atoms with Gasteiger partial charge in [0.1, 0.15) is 11.6 Å². The summed E-state index contributed by atoms with van der Waals surface area (Å²) in [6, 6.07) is 5.67. The fourth-order valence-electron chi connectivity index (χ4n) is 3.41. The maximum absolute atomic E-state index is 13.5. The van der Waals surface area contributed by atoms with Crippen molar-refractivity contribution in [2.45, 2.75) is 37.9 Å². The van der Waals surface area contributed by atoms with E-state index >= 15 is 0 Å². The van der Waals surface area contributed by atoms with Gasteiger partial charge in [-0.25, -0.2) is 8.78 Å². The van der Waals surface area contributed by atoms with Gasteiger partial charge in [-0.05, 0) is 42.7 Å². The standard InChI is InChI=1S/C10H10BrFO2.C10H6BrFO2/c2*11-5-3-6-8(13)1-2-9(14)10(6)7(12)4-5/h3-4,8-9,13-14H,1-2H2;3-4H,1-2H2. The first-order valence-electron chi connectivity index (χ1n) is 8.59. The molecule has 2 N–H and O–H groups in total. The highest BCUT2D eigenvalue weighted by molar-refractivity contribution is 9.10. The predicted octanol–water partition coefficient (Wildman–Crippen LogP) is 5.20. The van der Waals surface area contributed by atoms with Crippen molar-refractivity contribution < 1.29 is 28.6 Å². The quantitative estimate of drug-likeness (QED) is 0.504. The molecule has 2 aromatic rings. The maximum Gasteiger partial charge on any atom is 0.167 e. The van der Waals surface area contributed by atoms with Gasteiger partial charge in [0.15, 0.2) is 11.6 Å². The Labute approximate surface area is 176 Å². The van der Waals surface area contributed by atoms with Crippen molar-refractivity contribution in [3.63, 3.8) is 0 Å². The molecule has 4 rings (SSSR count). The Kier molecular flexibility index (Phi) is 6.44. The van der Waals surface area contributed by atoms with Gasteiger partial charge in [0, 0.05) is 32.9 Å². The smallest absolute Gasteiger partial charge is 0.167 e. The molecule has 2 aromatic carbocycles. The Bertz CT molecular complexity index is 962. The summed E-state index contributed by atoms with van der Waals surface area (Å²) in [6.07, 6.45) is -0.273. The second-order valence-corrected chi connectivity index (χ2v) is 8.49. The number of benzene rings is 2. The van der Waals surface area contributed by atoms with E-state index in [1.165, 1.54) is 18.2 Å². The summed E-state index contributed by atoms with van der Waals surface area (Å²) in [6.45, 7) is 0. The summed E-state index contributed by atoms with van der Waals surface area (Å²) >= 11 is 6.24. The topological polar surface area (TPSA) is 74.6 Å². The first kappa shape index (κ1) is 21.2. The van der Waals surface area contributed by atoms with Crippen LogP contribution >= 0.6 is 31.9 Å². The van der Waals surface area contributed by atoms with Crippen molar-refractivity contribution in [1.29, 1.82) is 0 Å². The molecule has 0 bridgehead atoms. The van der Waals surface area contributed by atoms with Crippen LogP contribution in [0.5, 0.6) is 0 Å². The number of carbonyl (C=O) groups excluding carboxylic acids is 2. The number of aliphatic hydroxyl groups excluding tert-OH is 2. The molecule has 0 radical (unpaired) electrons. The van der Waals surface area contributed by atoms with Crippen molar-refractivity contribution >= 4 is 43.4 Å². The van der Waals surface area contributed by atoms with Gasteiger partial charge < -0.3 is 10.2 Å². The minimum atomic E-state index is -0.790. The Morgan fingerprint density at radius 1 is 0.821 bits per heavy atom. The van der Waals surface area contributed by atoms with Crippen LogP contribution in [0.1, 0.15) is 69.7 Å². The van der Waals surface area contributed by atoms with E-state index in [9.17, 15) is 28.6 Å². The largest absolute Gasteiger partial charge is 0.388 e. The van der Waals surface area contributed by atoms with Crippen LogP contribution in [0.15, 0.2) is 33.2 Å². The van der Waals surface area contributed by atoms with Gasteiger partial charge in [0.2, 0.25) is 0 Å². The molecule has 0 fully saturated rings. The van der Waals surface area contributed by atoms with Gasteiger partial charge in [0.05, 0.1) is 17.8 Å². The molecular weight excluding hydrogens is 502 g/mol.